The zero-order valence-electron chi connectivity index (χ0n) is 17.4. The minimum atomic E-state index is -1.17. The van der Waals surface area contributed by atoms with E-state index in [4.69, 9.17) is 23.7 Å². The molecule has 11 heteroatoms. The number of halogens is 1. The van der Waals surface area contributed by atoms with Gasteiger partial charge in [-0.15, -0.1) is 0 Å². The topological polar surface area (TPSA) is 114 Å². The minimum Gasteiger partial charge on any atom is -0.463 e. The van der Waals surface area contributed by atoms with Crippen molar-refractivity contribution in [3.8, 4) is 0 Å². The lowest BCUT2D eigenvalue weighted by Gasteiger charge is -2.44. The fourth-order valence-corrected chi connectivity index (χ4v) is 4.30. The molecule has 1 heterocycles. The zero-order chi connectivity index (χ0) is 23.1. The number of benzene rings is 1. The van der Waals surface area contributed by atoms with Crippen LogP contribution in [0, 0.1) is 0 Å². The Balaban J connectivity index is 2.43. The molecular formula is C20H23BrO9S. The van der Waals surface area contributed by atoms with Crippen LogP contribution in [-0.4, -0.2) is 60.3 Å². The molecule has 1 aliphatic rings. The first-order valence-electron chi connectivity index (χ1n) is 9.29. The van der Waals surface area contributed by atoms with Crippen LogP contribution in [0.5, 0.6) is 0 Å². The van der Waals surface area contributed by atoms with Crippen molar-refractivity contribution >= 4 is 51.6 Å². The van der Waals surface area contributed by atoms with Gasteiger partial charge in [0, 0.05) is 37.1 Å². The Bertz CT molecular complexity index is 813. The molecule has 1 aliphatic heterocycles. The first-order valence-corrected chi connectivity index (χ1v) is 11.0. The van der Waals surface area contributed by atoms with Crippen molar-refractivity contribution in [3.05, 3.63) is 28.7 Å². The molecule has 0 spiro atoms. The van der Waals surface area contributed by atoms with Gasteiger partial charge in [0.05, 0.1) is 0 Å². The van der Waals surface area contributed by atoms with Crippen molar-refractivity contribution in [1.29, 1.82) is 0 Å². The lowest BCUT2D eigenvalue weighted by atomic mass is 9.99. The molecule has 1 fully saturated rings. The van der Waals surface area contributed by atoms with E-state index in [-0.39, 0.29) is 6.61 Å². The van der Waals surface area contributed by atoms with E-state index in [1.54, 1.807) is 0 Å². The highest BCUT2D eigenvalue weighted by Crippen LogP contribution is 2.37. The summed E-state index contributed by atoms with van der Waals surface area (Å²) in [6.45, 7) is 4.54. The quantitative estimate of drug-likeness (QED) is 0.393. The second kappa shape index (κ2) is 11.5. The van der Waals surface area contributed by atoms with Crippen LogP contribution in [0.25, 0.3) is 0 Å². The van der Waals surface area contributed by atoms with Crippen molar-refractivity contribution in [3.63, 3.8) is 0 Å². The van der Waals surface area contributed by atoms with Crippen LogP contribution in [0.2, 0.25) is 0 Å². The SMILES string of the molecule is CC(=O)OC[C@H]1O[C@@H](Sc2ccc(Br)cc2)[C@H](OC(C)=O)[C@@H](OC(C)=O)[C@@H]1OC(C)=O. The van der Waals surface area contributed by atoms with Gasteiger partial charge in [0.15, 0.2) is 18.3 Å². The summed E-state index contributed by atoms with van der Waals surface area (Å²) in [6.07, 6.45) is -4.38. The fourth-order valence-electron chi connectivity index (χ4n) is 2.93. The second-order valence-corrected chi connectivity index (χ2v) is 8.73. The first-order chi connectivity index (χ1) is 14.6. The molecule has 1 aromatic carbocycles. The zero-order valence-corrected chi connectivity index (χ0v) is 19.8. The van der Waals surface area contributed by atoms with Crippen LogP contribution in [0.3, 0.4) is 0 Å². The molecule has 1 aromatic rings. The number of carbonyl (C=O) groups is 4. The summed E-state index contributed by atoms with van der Waals surface area (Å²) in [5.41, 5.74) is -0.846. The summed E-state index contributed by atoms with van der Waals surface area (Å²) >= 11 is 4.58. The molecule has 0 amide bonds. The van der Waals surface area contributed by atoms with Crippen LogP contribution in [0.15, 0.2) is 33.6 Å². The minimum absolute atomic E-state index is 0.255. The monoisotopic (exact) mass is 518 g/mol. The summed E-state index contributed by atoms with van der Waals surface area (Å²) < 4.78 is 28.1. The van der Waals surface area contributed by atoms with Crippen LogP contribution in [0.1, 0.15) is 27.7 Å². The Hall–Kier alpha value is -2.11. The molecule has 9 nitrogen and oxygen atoms in total. The van der Waals surface area contributed by atoms with Gasteiger partial charge in [-0.2, -0.15) is 0 Å². The highest BCUT2D eigenvalue weighted by atomic mass is 79.9. The Kier molecular flexibility index (Phi) is 9.32. The maximum absolute atomic E-state index is 11.8. The van der Waals surface area contributed by atoms with Crippen LogP contribution < -0.4 is 0 Å². The van der Waals surface area contributed by atoms with E-state index in [9.17, 15) is 19.2 Å². The highest BCUT2D eigenvalue weighted by Gasteiger charge is 2.52. The Labute approximate surface area is 192 Å². The standard InChI is InChI=1S/C20H23BrO9S/c1-10(22)26-9-16-17(27-11(2)23)18(28-12(3)24)19(29-13(4)25)20(30-16)31-15-7-5-14(21)6-8-15/h5-8,16-20H,9H2,1-4H3/t16-,17-,18+,19-,20+/m1/s1. The van der Waals surface area contributed by atoms with Gasteiger partial charge in [-0.05, 0) is 24.3 Å². The summed E-state index contributed by atoms with van der Waals surface area (Å²) in [6, 6.07) is 7.30. The molecule has 31 heavy (non-hydrogen) atoms. The van der Waals surface area contributed by atoms with Gasteiger partial charge in [0.1, 0.15) is 18.1 Å². The van der Waals surface area contributed by atoms with Crippen molar-refractivity contribution in [2.75, 3.05) is 6.61 Å². The molecule has 0 bridgehead atoms. The van der Waals surface area contributed by atoms with Crippen molar-refractivity contribution in [1.82, 2.24) is 0 Å². The highest BCUT2D eigenvalue weighted by molar-refractivity contribution is 9.10. The molecule has 0 radical (unpaired) electrons. The molecule has 1 saturated heterocycles. The number of carbonyl (C=O) groups excluding carboxylic acids is 4. The lowest BCUT2D eigenvalue weighted by Crippen LogP contribution is -2.61. The van der Waals surface area contributed by atoms with Crippen molar-refractivity contribution in [2.45, 2.75) is 62.4 Å². The predicted molar refractivity (Wildman–Crippen MR) is 112 cm³/mol. The van der Waals surface area contributed by atoms with E-state index in [1.807, 2.05) is 24.3 Å². The average Bonchev–Trinajstić information content (AvgIpc) is 2.65. The Morgan fingerprint density at radius 2 is 1.35 bits per heavy atom. The summed E-state index contributed by atoms with van der Waals surface area (Å²) in [4.78, 5) is 47.4. The third-order valence-corrected chi connectivity index (χ3v) is 5.70. The van der Waals surface area contributed by atoms with E-state index in [0.717, 1.165) is 9.37 Å². The number of thioether (sulfide) groups is 1. The van der Waals surface area contributed by atoms with E-state index in [2.05, 4.69) is 15.9 Å². The normalized spacial score (nSPS) is 25.3. The van der Waals surface area contributed by atoms with Crippen molar-refractivity contribution < 1.29 is 42.9 Å². The molecule has 0 aromatic heterocycles. The average molecular weight is 519 g/mol. The van der Waals surface area contributed by atoms with Crippen molar-refractivity contribution in [2.24, 2.45) is 0 Å². The predicted octanol–water partition coefficient (Wildman–Crippen LogP) is 2.62. The molecule has 2 rings (SSSR count). The number of ether oxygens (including phenoxy) is 5. The van der Waals surface area contributed by atoms with Crippen LogP contribution in [0.4, 0.5) is 0 Å². The number of esters is 4. The van der Waals surface area contributed by atoms with Gasteiger partial charge >= 0.3 is 23.9 Å². The summed E-state index contributed by atoms with van der Waals surface area (Å²) in [5.74, 6) is -2.53. The van der Waals surface area contributed by atoms with Gasteiger partial charge in [0.25, 0.3) is 0 Å². The van der Waals surface area contributed by atoms with E-state index >= 15 is 0 Å². The fraction of sp³-hybridized carbons (Fsp3) is 0.500. The third kappa shape index (κ3) is 7.82. The van der Waals surface area contributed by atoms with Gasteiger partial charge in [-0.1, -0.05) is 27.7 Å². The third-order valence-electron chi connectivity index (χ3n) is 4.01. The van der Waals surface area contributed by atoms with Crippen LogP contribution in [-0.2, 0) is 42.9 Å². The summed E-state index contributed by atoms with van der Waals surface area (Å²) in [5, 5.41) is 0. The summed E-state index contributed by atoms with van der Waals surface area (Å²) in [7, 11) is 0. The number of hydrogen-bond acceptors (Lipinski definition) is 10. The van der Waals surface area contributed by atoms with E-state index in [0.29, 0.717) is 0 Å². The van der Waals surface area contributed by atoms with E-state index < -0.39 is 53.7 Å². The molecule has 170 valence electrons. The molecule has 0 N–H and O–H groups in total. The first kappa shape index (κ1) is 25.2. The maximum Gasteiger partial charge on any atom is 0.303 e. The Morgan fingerprint density at radius 3 is 1.87 bits per heavy atom. The number of hydrogen-bond donors (Lipinski definition) is 0. The largest absolute Gasteiger partial charge is 0.463 e. The molecule has 0 unspecified atom stereocenters. The van der Waals surface area contributed by atoms with Gasteiger partial charge < -0.3 is 23.7 Å². The van der Waals surface area contributed by atoms with Gasteiger partial charge in [-0.25, -0.2) is 0 Å². The molecule has 5 atom stereocenters. The van der Waals surface area contributed by atoms with Crippen LogP contribution >= 0.6 is 27.7 Å². The molecule has 0 aliphatic carbocycles. The number of rotatable bonds is 7. The molecule has 0 saturated carbocycles. The Morgan fingerprint density at radius 1 is 0.839 bits per heavy atom. The maximum atomic E-state index is 11.8. The smallest absolute Gasteiger partial charge is 0.303 e. The van der Waals surface area contributed by atoms with Gasteiger partial charge in [0.2, 0.25) is 0 Å². The lowest BCUT2D eigenvalue weighted by molar-refractivity contribution is -0.237. The molecular weight excluding hydrogens is 496 g/mol. The second-order valence-electron chi connectivity index (χ2n) is 6.64. The van der Waals surface area contributed by atoms with Gasteiger partial charge in [-0.3, -0.25) is 19.2 Å². The van der Waals surface area contributed by atoms with E-state index in [1.165, 1.54) is 39.5 Å².